The fourth-order valence-electron chi connectivity index (χ4n) is 5.56. The summed E-state index contributed by atoms with van der Waals surface area (Å²) in [5.41, 5.74) is 2.93. The summed E-state index contributed by atoms with van der Waals surface area (Å²) in [6, 6.07) is 8.08. The predicted molar refractivity (Wildman–Crippen MR) is 135 cm³/mol. The Kier molecular flexibility index (Phi) is 6.20. The van der Waals surface area contributed by atoms with Gasteiger partial charge in [0.1, 0.15) is 11.5 Å². The molecule has 1 amide bonds. The van der Waals surface area contributed by atoms with Crippen molar-refractivity contribution >= 4 is 23.6 Å². The van der Waals surface area contributed by atoms with Crippen LogP contribution in [-0.2, 0) is 11.2 Å². The molecule has 0 bridgehead atoms. The minimum Gasteiger partial charge on any atom is -0.478 e. The minimum atomic E-state index is -1.10. The number of carboxylic acids is 1. The summed E-state index contributed by atoms with van der Waals surface area (Å²) in [7, 11) is 0. The van der Waals surface area contributed by atoms with E-state index in [0.717, 1.165) is 37.5 Å². The third-order valence-electron chi connectivity index (χ3n) is 7.67. The van der Waals surface area contributed by atoms with Crippen LogP contribution in [-0.4, -0.2) is 49.1 Å². The molecule has 5 rings (SSSR count). The Morgan fingerprint density at radius 3 is 2.69 bits per heavy atom. The minimum absolute atomic E-state index is 0.0748. The molecule has 2 aliphatic rings. The lowest BCUT2D eigenvalue weighted by Crippen LogP contribution is -2.52. The van der Waals surface area contributed by atoms with Crippen LogP contribution in [0.5, 0.6) is 0 Å². The van der Waals surface area contributed by atoms with E-state index in [2.05, 4.69) is 29.2 Å². The van der Waals surface area contributed by atoms with Crippen molar-refractivity contribution in [2.75, 3.05) is 6.54 Å². The van der Waals surface area contributed by atoms with Gasteiger partial charge in [0.15, 0.2) is 5.65 Å². The number of nitrogens with zero attached hydrogens (tertiary/aromatic N) is 4. The van der Waals surface area contributed by atoms with Gasteiger partial charge in [-0.1, -0.05) is 25.1 Å². The first-order valence-electron chi connectivity index (χ1n) is 12.4. The van der Waals surface area contributed by atoms with Crippen LogP contribution >= 0.6 is 0 Å². The maximum atomic E-state index is 14.9. The highest BCUT2D eigenvalue weighted by Crippen LogP contribution is 2.46. The maximum absolute atomic E-state index is 14.9. The van der Waals surface area contributed by atoms with Crippen LogP contribution in [0.1, 0.15) is 61.3 Å². The van der Waals surface area contributed by atoms with Gasteiger partial charge in [0.05, 0.1) is 5.69 Å². The highest BCUT2D eigenvalue weighted by Gasteiger charge is 2.44. The van der Waals surface area contributed by atoms with Crippen LogP contribution in [0, 0.1) is 11.2 Å². The second-order valence-electron chi connectivity index (χ2n) is 9.72. The molecule has 3 heterocycles. The van der Waals surface area contributed by atoms with Crippen LogP contribution in [0.25, 0.3) is 23.0 Å². The van der Waals surface area contributed by atoms with Crippen molar-refractivity contribution in [3.05, 3.63) is 71.3 Å². The Morgan fingerprint density at radius 1 is 1.22 bits per heavy atom. The number of allylic oxidation sites excluding steroid dienone is 2. The van der Waals surface area contributed by atoms with E-state index in [1.54, 1.807) is 28.8 Å². The number of carboxylic acid groups (broad SMARTS) is 1. The van der Waals surface area contributed by atoms with Gasteiger partial charge in [0.2, 0.25) is 0 Å². The fraction of sp³-hybridized carbons (Fsp3) is 0.357. The number of benzene rings is 1. The smallest absolute Gasteiger partial charge is 0.328 e. The number of hydrogen-bond acceptors (Lipinski definition) is 4. The Morgan fingerprint density at radius 2 is 2.00 bits per heavy atom. The maximum Gasteiger partial charge on any atom is 0.328 e. The second-order valence-corrected chi connectivity index (χ2v) is 9.72. The van der Waals surface area contributed by atoms with E-state index in [0.29, 0.717) is 35.6 Å². The summed E-state index contributed by atoms with van der Waals surface area (Å²) < 4.78 is 16.6. The molecule has 1 aliphatic heterocycles. The lowest BCUT2D eigenvalue weighted by atomic mass is 9.72. The molecule has 1 saturated heterocycles. The molecule has 36 heavy (non-hydrogen) atoms. The molecule has 1 atom stereocenters. The summed E-state index contributed by atoms with van der Waals surface area (Å²) in [6.07, 6.45) is 11.5. The van der Waals surface area contributed by atoms with Crippen LogP contribution in [0.4, 0.5) is 4.39 Å². The summed E-state index contributed by atoms with van der Waals surface area (Å²) in [5.74, 6) is -1.69. The number of aliphatic carboxylic acids is 1. The Balaban J connectivity index is 1.48. The van der Waals surface area contributed by atoms with Gasteiger partial charge in [-0.15, -0.1) is 0 Å². The fourth-order valence-corrected chi connectivity index (χ4v) is 5.56. The quantitative estimate of drug-likeness (QED) is 0.396. The van der Waals surface area contributed by atoms with Gasteiger partial charge >= 0.3 is 5.97 Å². The number of amides is 1. The highest BCUT2D eigenvalue weighted by molar-refractivity contribution is 5.93. The number of rotatable bonds is 5. The summed E-state index contributed by atoms with van der Waals surface area (Å²) in [6.45, 7) is 4.85. The first kappa shape index (κ1) is 23.9. The normalized spacial score (nSPS) is 19.1. The monoisotopic (exact) mass is 488 g/mol. The number of hydrogen-bond donors (Lipinski definition) is 1. The molecule has 7 nitrogen and oxygen atoms in total. The molecule has 2 aromatic heterocycles. The first-order chi connectivity index (χ1) is 17.3. The molecule has 1 aromatic carbocycles. The van der Waals surface area contributed by atoms with Crippen molar-refractivity contribution in [2.45, 2.75) is 52.0 Å². The number of carbonyl (C=O) groups is 2. The van der Waals surface area contributed by atoms with Gasteiger partial charge in [-0.2, -0.15) is 5.10 Å². The van der Waals surface area contributed by atoms with Gasteiger partial charge in [-0.25, -0.2) is 18.7 Å². The zero-order valence-corrected chi connectivity index (χ0v) is 20.4. The van der Waals surface area contributed by atoms with Crippen molar-refractivity contribution in [1.29, 1.82) is 0 Å². The molecule has 3 aromatic rings. The SMILES string of the molecule is CCc1cc(C(=O)N2CCCC3(CC=CC3)C2C)nc2cc(-c3ccc(/C=C/C(=O)O)cc3F)nn12. The van der Waals surface area contributed by atoms with E-state index in [1.165, 1.54) is 12.1 Å². The number of fused-ring (bicyclic) bond motifs is 1. The van der Waals surface area contributed by atoms with Crippen LogP contribution < -0.4 is 0 Å². The molecule has 0 saturated carbocycles. The van der Waals surface area contributed by atoms with E-state index in [1.807, 2.05) is 11.8 Å². The zero-order chi connectivity index (χ0) is 25.4. The van der Waals surface area contributed by atoms with Gasteiger partial charge in [0.25, 0.3) is 5.91 Å². The summed E-state index contributed by atoms with van der Waals surface area (Å²) in [5, 5.41) is 13.4. The average molecular weight is 489 g/mol. The molecule has 1 aliphatic carbocycles. The van der Waals surface area contributed by atoms with Gasteiger partial charge < -0.3 is 10.0 Å². The lowest BCUT2D eigenvalue weighted by Gasteiger charge is -2.46. The third kappa shape index (κ3) is 4.21. The zero-order valence-electron chi connectivity index (χ0n) is 20.4. The molecular weight excluding hydrogens is 459 g/mol. The topological polar surface area (TPSA) is 87.8 Å². The van der Waals surface area contributed by atoms with Crippen LogP contribution in [0.3, 0.4) is 0 Å². The molecule has 1 fully saturated rings. The number of aryl methyl sites for hydroxylation is 1. The molecule has 1 N–H and O–H groups in total. The molecule has 0 radical (unpaired) electrons. The number of likely N-dealkylation sites (tertiary alicyclic amines) is 1. The van der Waals surface area contributed by atoms with Crippen LogP contribution in [0.15, 0.2) is 48.6 Å². The van der Waals surface area contributed by atoms with Gasteiger partial charge in [0, 0.05) is 36.0 Å². The Labute approximate surface area is 209 Å². The van der Waals surface area contributed by atoms with E-state index in [-0.39, 0.29) is 22.9 Å². The number of halogens is 1. The average Bonchev–Trinajstić information content (AvgIpc) is 3.51. The molecule has 186 valence electrons. The molecule has 1 unspecified atom stereocenters. The molecular formula is C28H29FN4O3. The van der Waals surface area contributed by atoms with Gasteiger partial charge in [-0.3, -0.25) is 4.79 Å². The van der Waals surface area contributed by atoms with Crippen molar-refractivity contribution < 1.29 is 19.1 Å². The van der Waals surface area contributed by atoms with Crippen molar-refractivity contribution in [1.82, 2.24) is 19.5 Å². The van der Waals surface area contributed by atoms with Crippen molar-refractivity contribution in [2.24, 2.45) is 5.41 Å². The Hall–Kier alpha value is -3.81. The predicted octanol–water partition coefficient (Wildman–Crippen LogP) is 5.16. The van der Waals surface area contributed by atoms with Crippen molar-refractivity contribution in [3.63, 3.8) is 0 Å². The standard InChI is InChI=1S/C28H29FN4O3/c1-3-20-16-24(27(36)32-14-6-13-28(18(32)2)11-4-5-12-28)30-25-17-23(31-33(20)25)21-9-7-19(15-22(21)29)8-10-26(34)35/h4-5,7-10,15-18H,3,6,11-14H2,1-2H3,(H,34,35)/b10-8+. The molecule has 8 heteroatoms. The lowest BCUT2D eigenvalue weighted by molar-refractivity contribution is -0.131. The van der Waals surface area contributed by atoms with Gasteiger partial charge in [-0.05, 0) is 74.3 Å². The van der Waals surface area contributed by atoms with E-state index in [9.17, 15) is 14.0 Å². The van der Waals surface area contributed by atoms with E-state index in [4.69, 9.17) is 5.11 Å². The third-order valence-corrected chi connectivity index (χ3v) is 7.67. The van der Waals surface area contributed by atoms with Crippen LogP contribution in [0.2, 0.25) is 0 Å². The summed E-state index contributed by atoms with van der Waals surface area (Å²) >= 11 is 0. The van der Waals surface area contributed by atoms with E-state index < -0.39 is 11.8 Å². The van der Waals surface area contributed by atoms with Crippen molar-refractivity contribution in [3.8, 4) is 11.3 Å². The second kappa shape index (κ2) is 9.33. The molecule has 1 spiro atoms. The number of carbonyl (C=O) groups excluding carboxylic acids is 1. The number of piperidine rings is 1. The largest absolute Gasteiger partial charge is 0.478 e. The summed E-state index contributed by atoms with van der Waals surface area (Å²) in [4.78, 5) is 31.0. The highest BCUT2D eigenvalue weighted by atomic mass is 19.1. The number of aromatic nitrogens is 3. The van der Waals surface area contributed by atoms with E-state index >= 15 is 0 Å². The first-order valence-corrected chi connectivity index (χ1v) is 12.4. The Bertz CT molecular complexity index is 1400.